The Labute approximate surface area is 231 Å². The molecule has 2 aliphatic rings. The molecule has 14 heteroatoms. The molecule has 0 unspecified atom stereocenters. The van der Waals surface area contributed by atoms with Crippen molar-refractivity contribution in [2.24, 2.45) is 12.5 Å². The molecule has 1 saturated heterocycles. The average molecular weight is 587 g/mol. The van der Waals surface area contributed by atoms with Gasteiger partial charge in [-0.15, -0.1) is 0 Å². The van der Waals surface area contributed by atoms with Crippen LogP contribution in [-0.2, 0) is 29.7 Å². The molecule has 1 aromatic carbocycles. The predicted molar refractivity (Wildman–Crippen MR) is 138 cm³/mol. The van der Waals surface area contributed by atoms with Gasteiger partial charge in [0.15, 0.2) is 10.8 Å². The number of Topliss-reactive ketones (excluding diaryl/α,β-unsaturated/α-hetero) is 1. The summed E-state index contributed by atoms with van der Waals surface area (Å²) in [6, 6.07) is 8.47. The first kappa shape index (κ1) is 27.0. The molecule has 3 aromatic heterocycles. The van der Waals surface area contributed by atoms with Crippen LogP contribution in [0.15, 0.2) is 71.7 Å². The summed E-state index contributed by atoms with van der Waals surface area (Å²) < 4.78 is 85.2. The van der Waals surface area contributed by atoms with Gasteiger partial charge in [-0.3, -0.25) is 14.5 Å². The molecule has 4 aromatic rings. The monoisotopic (exact) mass is 586 g/mol. The summed E-state index contributed by atoms with van der Waals surface area (Å²) in [5.41, 5.74) is -0.683. The van der Waals surface area contributed by atoms with E-state index in [0.29, 0.717) is 28.6 Å². The standard InChI is InChI=1S/C27H22F4N6O3S/c1-35-10-8-24(34-35)41(39,40)36-11-7-18-13-23-17(15-33-37(23)21-4-2-20(28)3-5-21)14-26(18,16-36)25(38)22-12-19(6-9-32-22)27(29,30)31/h2-6,8-10,12-13,15H,7,11,14,16H2,1H3/t26-/m0/s1. The summed E-state index contributed by atoms with van der Waals surface area (Å²) in [5.74, 6) is -1.15. The fraction of sp³-hybridized carbons (Fsp3) is 0.259. The smallest absolute Gasteiger partial charge is 0.291 e. The second-order valence-electron chi connectivity index (χ2n) is 10.0. The third kappa shape index (κ3) is 4.56. The van der Waals surface area contributed by atoms with E-state index in [2.05, 4.69) is 15.2 Å². The van der Waals surface area contributed by atoms with Gasteiger partial charge in [0, 0.05) is 32.5 Å². The number of alkyl halides is 3. The molecule has 9 nitrogen and oxygen atoms in total. The Morgan fingerprint density at radius 1 is 1.10 bits per heavy atom. The Morgan fingerprint density at radius 3 is 2.54 bits per heavy atom. The topological polar surface area (TPSA) is 103 Å². The molecule has 0 radical (unpaired) electrons. The average Bonchev–Trinajstić information content (AvgIpc) is 3.57. The van der Waals surface area contributed by atoms with Crippen LogP contribution >= 0.6 is 0 Å². The van der Waals surface area contributed by atoms with Crippen LogP contribution < -0.4 is 0 Å². The lowest BCUT2D eigenvalue weighted by Crippen LogP contribution is -2.53. The van der Waals surface area contributed by atoms with Crippen molar-refractivity contribution in [3.8, 4) is 5.69 Å². The van der Waals surface area contributed by atoms with Gasteiger partial charge >= 0.3 is 6.18 Å². The van der Waals surface area contributed by atoms with E-state index in [1.807, 2.05) is 0 Å². The molecule has 0 spiro atoms. The first-order valence-electron chi connectivity index (χ1n) is 12.5. The number of aryl methyl sites for hydroxylation is 1. The number of piperidine rings is 1. The zero-order valence-electron chi connectivity index (χ0n) is 21.5. The lowest BCUT2D eigenvalue weighted by molar-refractivity contribution is -0.137. The summed E-state index contributed by atoms with van der Waals surface area (Å²) in [6.45, 7) is -0.300. The zero-order chi connectivity index (χ0) is 29.2. The quantitative estimate of drug-likeness (QED) is 0.258. The van der Waals surface area contributed by atoms with E-state index in [1.54, 1.807) is 29.9 Å². The van der Waals surface area contributed by atoms with Crippen molar-refractivity contribution in [2.45, 2.75) is 24.0 Å². The van der Waals surface area contributed by atoms with Crippen LogP contribution in [0.1, 0.15) is 33.7 Å². The number of carbonyl (C=O) groups excluding carboxylic acids is 1. The van der Waals surface area contributed by atoms with E-state index in [4.69, 9.17) is 0 Å². The van der Waals surface area contributed by atoms with Gasteiger partial charge < -0.3 is 0 Å². The molecule has 41 heavy (non-hydrogen) atoms. The van der Waals surface area contributed by atoms with Gasteiger partial charge in [-0.2, -0.15) is 27.7 Å². The molecule has 6 rings (SSSR count). The van der Waals surface area contributed by atoms with Crippen molar-refractivity contribution >= 4 is 21.9 Å². The van der Waals surface area contributed by atoms with Crippen molar-refractivity contribution in [2.75, 3.05) is 13.1 Å². The van der Waals surface area contributed by atoms with Crippen molar-refractivity contribution in [3.63, 3.8) is 0 Å². The number of nitrogens with zero attached hydrogens (tertiary/aromatic N) is 6. The van der Waals surface area contributed by atoms with Crippen molar-refractivity contribution < 1.29 is 30.8 Å². The highest BCUT2D eigenvalue weighted by Gasteiger charge is 2.52. The van der Waals surface area contributed by atoms with Crippen LogP contribution in [0.5, 0.6) is 0 Å². The number of aromatic nitrogens is 5. The first-order valence-corrected chi connectivity index (χ1v) is 13.9. The molecule has 1 fully saturated rings. The molecule has 4 heterocycles. The van der Waals surface area contributed by atoms with E-state index in [0.717, 1.165) is 16.6 Å². The highest BCUT2D eigenvalue weighted by Crippen LogP contribution is 2.47. The summed E-state index contributed by atoms with van der Waals surface area (Å²) in [6.07, 6.45) is 1.04. The molecule has 212 valence electrons. The molecule has 0 amide bonds. The molecular weight excluding hydrogens is 564 g/mol. The lowest BCUT2D eigenvalue weighted by Gasteiger charge is -2.44. The normalized spacial score (nSPS) is 19.4. The summed E-state index contributed by atoms with van der Waals surface area (Å²) in [5, 5.41) is 8.23. The van der Waals surface area contributed by atoms with Crippen LogP contribution in [0.4, 0.5) is 17.6 Å². The fourth-order valence-corrected chi connectivity index (χ4v) is 6.90. The number of hydrogen-bond donors (Lipinski definition) is 0. The Bertz CT molecular complexity index is 1810. The third-order valence-electron chi connectivity index (χ3n) is 7.50. The van der Waals surface area contributed by atoms with Gasteiger partial charge in [0.05, 0.1) is 28.6 Å². The van der Waals surface area contributed by atoms with E-state index < -0.39 is 44.5 Å². The number of carbonyl (C=O) groups is 1. The number of halogens is 4. The van der Waals surface area contributed by atoms with Crippen molar-refractivity contribution in [1.82, 2.24) is 28.9 Å². The van der Waals surface area contributed by atoms with Crippen LogP contribution in [0.2, 0.25) is 0 Å². The van der Waals surface area contributed by atoms with E-state index in [1.165, 1.54) is 35.3 Å². The van der Waals surface area contributed by atoms with Crippen LogP contribution in [0.3, 0.4) is 0 Å². The molecule has 0 N–H and O–H groups in total. The van der Waals surface area contributed by atoms with Gasteiger partial charge in [0.1, 0.15) is 11.5 Å². The van der Waals surface area contributed by atoms with Gasteiger partial charge in [-0.05, 0) is 66.9 Å². The minimum absolute atomic E-state index is 0.0236. The fourth-order valence-electron chi connectivity index (χ4n) is 5.45. The van der Waals surface area contributed by atoms with Crippen LogP contribution in [0.25, 0.3) is 11.8 Å². The van der Waals surface area contributed by atoms with Gasteiger partial charge in [0.25, 0.3) is 10.0 Å². The van der Waals surface area contributed by atoms with E-state index >= 15 is 0 Å². The Balaban J connectivity index is 1.47. The molecule has 1 aliphatic carbocycles. The Kier molecular flexibility index (Phi) is 6.23. The highest BCUT2D eigenvalue weighted by atomic mass is 32.2. The number of fused-ring (bicyclic) bond motifs is 2. The number of ketones is 1. The predicted octanol–water partition coefficient (Wildman–Crippen LogP) is 4.06. The maximum Gasteiger partial charge on any atom is 0.416 e. The third-order valence-corrected chi connectivity index (χ3v) is 9.24. The highest BCUT2D eigenvalue weighted by molar-refractivity contribution is 7.89. The molecule has 0 saturated carbocycles. The molecular formula is C27H22F4N6O3S. The van der Waals surface area contributed by atoms with E-state index in [-0.39, 0.29) is 31.0 Å². The minimum Gasteiger partial charge on any atom is -0.291 e. The lowest BCUT2D eigenvalue weighted by atomic mass is 9.65. The molecule has 1 atom stereocenters. The van der Waals surface area contributed by atoms with Crippen LogP contribution in [-0.4, -0.2) is 56.1 Å². The van der Waals surface area contributed by atoms with Gasteiger partial charge in [0.2, 0.25) is 0 Å². The second kappa shape index (κ2) is 9.45. The SMILES string of the molecule is Cn1ccc(S(=O)(=O)N2CCC3=Cc4c(cnn4-c4ccc(F)cc4)C[C@]3(C(=O)c3cc(C(F)(F)F)ccn3)C2)n1. The number of pyridine rings is 1. The second-order valence-corrected chi connectivity index (χ2v) is 11.9. The summed E-state index contributed by atoms with van der Waals surface area (Å²) >= 11 is 0. The largest absolute Gasteiger partial charge is 0.416 e. The number of rotatable bonds is 5. The zero-order valence-corrected chi connectivity index (χ0v) is 22.3. The maximum absolute atomic E-state index is 14.2. The Morgan fingerprint density at radius 2 is 1.85 bits per heavy atom. The van der Waals surface area contributed by atoms with Gasteiger partial charge in [-0.1, -0.05) is 5.57 Å². The number of benzene rings is 1. The van der Waals surface area contributed by atoms with E-state index in [9.17, 15) is 30.8 Å². The summed E-state index contributed by atoms with van der Waals surface area (Å²) in [7, 11) is -2.56. The van der Waals surface area contributed by atoms with Crippen molar-refractivity contribution in [1.29, 1.82) is 0 Å². The molecule has 1 aliphatic heterocycles. The van der Waals surface area contributed by atoms with Crippen molar-refractivity contribution in [3.05, 3.63) is 95.0 Å². The first-order chi connectivity index (χ1) is 19.4. The van der Waals surface area contributed by atoms with Gasteiger partial charge in [-0.25, -0.2) is 17.5 Å². The van der Waals surface area contributed by atoms with Crippen LogP contribution in [0, 0.1) is 11.2 Å². The number of hydrogen-bond acceptors (Lipinski definition) is 6. The number of sulfonamides is 1. The molecule has 0 bridgehead atoms. The maximum atomic E-state index is 14.2. The summed E-state index contributed by atoms with van der Waals surface area (Å²) in [4.78, 5) is 18.2. The Hall–Kier alpha value is -4.17. The minimum atomic E-state index is -4.70.